The quantitative estimate of drug-likeness (QED) is 0.849. The molecule has 2 unspecified atom stereocenters. The number of halogens is 1. The molecule has 3 saturated heterocycles. The summed E-state index contributed by atoms with van der Waals surface area (Å²) in [5.74, 6) is 0.629. The molecule has 0 aromatic heterocycles. The fourth-order valence-electron chi connectivity index (χ4n) is 4.36. The number of carbonyl (C=O) groups excluding carboxylic acids is 2. The molecule has 8 heteroatoms. The van der Waals surface area contributed by atoms with Crippen molar-refractivity contribution in [3.63, 3.8) is 0 Å². The zero-order valence-corrected chi connectivity index (χ0v) is 16.5. The molecule has 0 saturated carbocycles. The van der Waals surface area contributed by atoms with E-state index in [2.05, 4.69) is 10.2 Å². The molecule has 2 bridgehead atoms. The lowest BCUT2D eigenvalue weighted by Gasteiger charge is -2.45. The fraction of sp³-hybridized carbons (Fsp3) is 0.579. The molecule has 1 aromatic rings. The molecule has 0 aliphatic carbocycles. The third kappa shape index (κ3) is 3.02. The second kappa shape index (κ2) is 6.87. The Morgan fingerprint density at radius 2 is 2.07 bits per heavy atom. The molecule has 0 radical (unpaired) electrons. The average Bonchev–Trinajstić information content (AvgIpc) is 2.67. The number of hydrogen-bond donors (Lipinski definition) is 1. The molecule has 4 aliphatic heterocycles. The Morgan fingerprint density at radius 3 is 2.67 bits per heavy atom. The van der Waals surface area contributed by atoms with E-state index in [-0.39, 0.29) is 34.2 Å². The molecule has 4 aliphatic rings. The van der Waals surface area contributed by atoms with E-state index in [1.165, 1.54) is 12.0 Å². The van der Waals surface area contributed by atoms with Gasteiger partial charge in [-0.2, -0.15) is 0 Å². The summed E-state index contributed by atoms with van der Waals surface area (Å²) in [4.78, 5) is 29.3. The van der Waals surface area contributed by atoms with E-state index in [4.69, 9.17) is 21.1 Å². The second-order valence-electron chi connectivity index (χ2n) is 7.49. The fourth-order valence-corrected chi connectivity index (χ4v) is 4.64. The third-order valence-corrected chi connectivity index (χ3v) is 6.19. The van der Waals surface area contributed by atoms with Gasteiger partial charge in [-0.25, -0.2) is 0 Å². The van der Waals surface area contributed by atoms with Gasteiger partial charge in [0.1, 0.15) is 5.56 Å². The molecule has 3 fully saturated rings. The molecule has 4 heterocycles. The number of ether oxygens (including phenoxy) is 2. The van der Waals surface area contributed by atoms with Crippen molar-refractivity contribution in [1.82, 2.24) is 10.2 Å². The van der Waals surface area contributed by atoms with Crippen molar-refractivity contribution in [2.75, 3.05) is 38.7 Å². The molecular weight excluding hydrogens is 370 g/mol. The van der Waals surface area contributed by atoms with Gasteiger partial charge in [-0.05, 0) is 44.8 Å². The van der Waals surface area contributed by atoms with Crippen molar-refractivity contribution in [1.29, 1.82) is 0 Å². The zero-order valence-electron chi connectivity index (χ0n) is 15.8. The van der Waals surface area contributed by atoms with Crippen molar-refractivity contribution >= 4 is 29.1 Å². The Kier molecular flexibility index (Phi) is 4.68. The van der Waals surface area contributed by atoms with Gasteiger partial charge in [-0.3, -0.25) is 9.59 Å². The van der Waals surface area contributed by atoms with Crippen LogP contribution in [0.2, 0.25) is 5.02 Å². The molecule has 0 spiro atoms. The van der Waals surface area contributed by atoms with E-state index in [0.29, 0.717) is 17.4 Å². The van der Waals surface area contributed by atoms with Gasteiger partial charge in [0.15, 0.2) is 17.6 Å². The van der Waals surface area contributed by atoms with Crippen LogP contribution in [0, 0.1) is 5.92 Å². The van der Waals surface area contributed by atoms with Gasteiger partial charge in [-0.1, -0.05) is 11.6 Å². The number of nitrogens with one attached hydrogen (secondary N) is 1. The van der Waals surface area contributed by atoms with Gasteiger partial charge >= 0.3 is 0 Å². The van der Waals surface area contributed by atoms with E-state index >= 15 is 0 Å². The summed E-state index contributed by atoms with van der Waals surface area (Å²) in [7, 11) is 3.12. The molecule has 1 aromatic carbocycles. The van der Waals surface area contributed by atoms with E-state index < -0.39 is 6.10 Å². The first-order chi connectivity index (χ1) is 12.9. The van der Waals surface area contributed by atoms with Gasteiger partial charge in [0.25, 0.3) is 11.8 Å². The molecular formula is C19H24ClN3O4. The number of piperidine rings is 3. The summed E-state index contributed by atoms with van der Waals surface area (Å²) in [6, 6.07) is 1.70. The number of rotatable bonds is 3. The van der Waals surface area contributed by atoms with Crippen molar-refractivity contribution in [2.45, 2.75) is 31.9 Å². The molecule has 2 amide bonds. The lowest BCUT2D eigenvalue weighted by atomic mass is 9.84. The van der Waals surface area contributed by atoms with E-state index in [1.807, 2.05) is 0 Å². The standard InChI is InChI=1S/C19H24ClN3O4/c1-10-19(25)22(2)14-8-12(20)16(26-3)15(17(14)27-10)18(24)21-13-9-23-6-4-11(13)5-7-23/h8,10-11,13H,4-7,9H2,1-3H3,(H,21,24). The highest BCUT2D eigenvalue weighted by atomic mass is 35.5. The molecule has 1 N–H and O–H groups in total. The molecule has 27 heavy (non-hydrogen) atoms. The number of hydrogen-bond acceptors (Lipinski definition) is 5. The van der Waals surface area contributed by atoms with E-state index in [1.54, 1.807) is 20.0 Å². The Balaban J connectivity index is 1.71. The number of nitrogens with zero attached hydrogens (tertiary/aromatic N) is 2. The summed E-state index contributed by atoms with van der Waals surface area (Å²) in [6.07, 6.45) is 1.51. The number of anilines is 1. The average molecular weight is 394 g/mol. The van der Waals surface area contributed by atoms with Crippen molar-refractivity contribution in [2.24, 2.45) is 5.92 Å². The minimum Gasteiger partial charge on any atom is -0.494 e. The number of carbonyl (C=O) groups is 2. The lowest BCUT2D eigenvalue weighted by molar-refractivity contribution is -0.125. The number of benzene rings is 1. The maximum Gasteiger partial charge on any atom is 0.267 e. The Labute approximate surface area is 163 Å². The van der Waals surface area contributed by atoms with Crippen molar-refractivity contribution in [3.05, 3.63) is 16.7 Å². The van der Waals surface area contributed by atoms with Crippen LogP contribution in [0.4, 0.5) is 5.69 Å². The lowest BCUT2D eigenvalue weighted by Crippen LogP contribution is -2.57. The Hall–Kier alpha value is -1.99. The number of likely N-dealkylation sites (N-methyl/N-ethyl adjacent to an activating group) is 1. The first kappa shape index (κ1) is 18.4. The first-order valence-corrected chi connectivity index (χ1v) is 9.66. The molecule has 7 nitrogen and oxygen atoms in total. The van der Waals surface area contributed by atoms with Crippen LogP contribution in [0.25, 0.3) is 0 Å². The molecule has 5 rings (SSSR count). The van der Waals surface area contributed by atoms with Crippen LogP contribution in [-0.2, 0) is 4.79 Å². The summed E-state index contributed by atoms with van der Waals surface area (Å²) in [5.41, 5.74) is 0.727. The van der Waals surface area contributed by atoms with Gasteiger partial charge < -0.3 is 24.6 Å². The highest BCUT2D eigenvalue weighted by Crippen LogP contribution is 2.45. The number of amides is 2. The topological polar surface area (TPSA) is 71.1 Å². The van der Waals surface area contributed by atoms with E-state index in [0.717, 1.165) is 32.5 Å². The van der Waals surface area contributed by atoms with Crippen LogP contribution in [0.15, 0.2) is 6.07 Å². The molecule has 2 atom stereocenters. The van der Waals surface area contributed by atoms with Gasteiger partial charge in [0.2, 0.25) is 0 Å². The van der Waals surface area contributed by atoms with Crippen LogP contribution in [0.1, 0.15) is 30.1 Å². The summed E-state index contributed by atoms with van der Waals surface area (Å²) >= 11 is 6.36. The SMILES string of the molecule is COc1c(Cl)cc2c(c1C(=O)NC1CN3CCC1CC3)OC(C)C(=O)N2C. The van der Waals surface area contributed by atoms with Gasteiger partial charge in [0, 0.05) is 19.6 Å². The van der Waals surface area contributed by atoms with Gasteiger partial charge in [0.05, 0.1) is 17.8 Å². The van der Waals surface area contributed by atoms with Crippen LogP contribution < -0.4 is 19.7 Å². The zero-order chi connectivity index (χ0) is 19.3. The smallest absolute Gasteiger partial charge is 0.267 e. The van der Waals surface area contributed by atoms with Crippen LogP contribution >= 0.6 is 11.6 Å². The highest BCUT2D eigenvalue weighted by Gasteiger charge is 2.39. The monoisotopic (exact) mass is 393 g/mol. The van der Waals surface area contributed by atoms with Crippen molar-refractivity contribution in [3.8, 4) is 11.5 Å². The van der Waals surface area contributed by atoms with Gasteiger partial charge in [-0.15, -0.1) is 0 Å². The summed E-state index contributed by atoms with van der Waals surface area (Å²) in [6.45, 7) is 4.72. The van der Waals surface area contributed by atoms with Crippen LogP contribution in [0.3, 0.4) is 0 Å². The van der Waals surface area contributed by atoms with Crippen molar-refractivity contribution < 1.29 is 19.1 Å². The molecule has 146 valence electrons. The van der Waals surface area contributed by atoms with E-state index in [9.17, 15) is 9.59 Å². The maximum absolute atomic E-state index is 13.2. The predicted molar refractivity (Wildman–Crippen MR) is 102 cm³/mol. The highest BCUT2D eigenvalue weighted by molar-refractivity contribution is 6.33. The van der Waals surface area contributed by atoms with Crippen LogP contribution in [-0.4, -0.2) is 62.7 Å². The summed E-state index contributed by atoms with van der Waals surface area (Å²) in [5, 5.41) is 3.43. The maximum atomic E-state index is 13.2. The largest absolute Gasteiger partial charge is 0.494 e. The van der Waals surface area contributed by atoms with Crippen LogP contribution in [0.5, 0.6) is 11.5 Å². The number of methoxy groups -OCH3 is 1. The number of fused-ring (bicyclic) bond motifs is 4. The Bertz CT molecular complexity index is 792. The normalized spacial score (nSPS) is 29.2. The minimum absolute atomic E-state index is 0.0970. The minimum atomic E-state index is -0.684. The first-order valence-electron chi connectivity index (χ1n) is 9.28. The predicted octanol–water partition coefficient (Wildman–Crippen LogP) is 1.92. The Morgan fingerprint density at radius 1 is 1.37 bits per heavy atom. The summed E-state index contributed by atoms with van der Waals surface area (Å²) < 4.78 is 11.2. The second-order valence-corrected chi connectivity index (χ2v) is 7.90. The third-order valence-electron chi connectivity index (χ3n) is 5.91.